The fraction of sp³-hybridized carbons (Fsp3) is 0.481. The van der Waals surface area contributed by atoms with Crippen LogP contribution in [0, 0.1) is 0 Å². The summed E-state index contributed by atoms with van der Waals surface area (Å²) < 4.78 is 34.2. The van der Waals surface area contributed by atoms with Gasteiger partial charge in [0.25, 0.3) is 10.0 Å². The smallest absolute Gasteiger partial charge is 0.333 e. The van der Waals surface area contributed by atoms with Gasteiger partial charge in [-0.25, -0.2) is 17.9 Å². The number of hydrogen-bond acceptors (Lipinski definition) is 7. The minimum absolute atomic E-state index is 0.0849. The number of carbonyl (C=O) groups is 2. The summed E-state index contributed by atoms with van der Waals surface area (Å²) in [6.07, 6.45) is 0. The van der Waals surface area contributed by atoms with Gasteiger partial charge in [-0.2, -0.15) is 0 Å². The second-order valence-electron chi connectivity index (χ2n) is 10.6. The van der Waals surface area contributed by atoms with Gasteiger partial charge in [-0.3, -0.25) is 4.79 Å². The summed E-state index contributed by atoms with van der Waals surface area (Å²) in [6.45, 7) is 12.9. The molecule has 1 heterocycles. The highest BCUT2D eigenvalue weighted by molar-refractivity contribution is 7.90. The number of ether oxygens (including phenoxy) is 1. The van der Waals surface area contributed by atoms with Crippen LogP contribution in [0.2, 0.25) is 0 Å². The summed E-state index contributed by atoms with van der Waals surface area (Å²) in [4.78, 5) is 26.8. The number of amides is 3. The highest BCUT2D eigenvalue weighted by Gasteiger charge is 2.27. The molecule has 0 unspecified atom stereocenters. The molecule has 0 radical (unpaired) electrons. The van der Waals surface area contributed by atoms with E-state index < -0.39 is 27.6 Å². The number of primary amides is 1. The maximum Gasteiger partial charge on any atom is 0.333 e. The Hall–Kier alpha value is -3.15. The van der Waals surface area contributed by atoms with Gasteiger partial charge < -0.3 is 25.8 Å². The van der Waals surface area contributed by atoms with E-state index in [2.05, 4.69) is 10.0 Å². The number of carbonyl (C=O) groups excluding carboxylic acids is 2. The lowest BCUT2D eigenvalue weighted by Gasteiger charge is -2.30. The molecule has 0 spiro atoms. The molecule has 0 atom stereocenters. The second-order valence-corrected chi connectivity index (χ2v) is 12.3. The Morgan fingerprint density at radius 2 is 1.55 bits per heavy atom. The van der Waals surface area contributed by atoms with Gasteiger partial charge in [0.15, 0.2) is 0 Å². The van der Waals surface area contributed by atoms with Crippen molar-refractivity contribution in [2.75, 3.05) is 36.5 Å². The van der Waals surface area contributed by atoms with Gasteiger partial charge in [0.2, 0.25) is 5.91 Å². The van der Waals surface area contributed by atoms with Crippen molar-refractivity contribution < 1.29 is 27.9 Å². The van der Waals surface area contributed by atoms with E-state index in [-0.39, 0.29) is 16.7 Å². The van der Waals surface area contributed by atoms with Gasteiger partial charge in [-0.1, -0.05) is 27.7 Å². The molecule has 208 valence electrons. The van der Waals surface area contributed by atoms with Crippen LogP contribution in [0.4, 0.5) is 16.2 Å². The minimum Gasteiger partial charge on any atom is -0.386 e. The van der Waals surface area contributed by atoms with Crippen LogP contribution >= 0.6 is 0 Å². The second kappa shape index (κ2) is 11.3. The van der Waals surface area contributed by atoms with E-state index in [1.54, 1.807) is 32.0 Å². The van der Waals surface area contributed by atoms with Crippen LogP contribution < -0.4 is 20.7 Å². The first kappa shape index (κ1) is 29.4. The van der Waals surface area contributed by atoms with Gasteiger partial charge in [0, 0.05) is 30.0 Å². The first-order chi connectivity index (χ1) is 17.6. The number of rotatable bonds is 8. The van der Waals surface area contributed by atoms with Crippen molar-refractivity contribution >= 4 is 33.3 Å². The molecule has 1 aliphatic heterocycles. The molecule has 1 fully saturated rings. The SMILES string of the molecule is CC(C)c1cc(C(N)=O)cc(C(C)C)c1NC(=O)NS(=O)(=O)c1cc(N2CCOCC2)cc(C(C)(C)O)c1. The van der Waals surface area contributed by atoms with Crippen molar-refractivity contribution in [3.8, 4) is 0 Å². The molecule has 0 aliphatic carbocycles. The maximum absolute atomic E-state index is 13.4. The zero-order valence-electron chi connectivity index (χ0n) is 22.8. The van der Waals surface area contributed by atoms with Crippen LogP contribution in [0.3, 0.4) is 0 Å². The van der Waals surface area contributed by atoms with Crippen LogP contribution in [0.25, 0.3) is 0 Å². The molecule has 38 heavy (non-hydrogen) atoms. The lowest BCUT2D eigenvalue weighted by atomic mass is 9.90. The first-order valence-electron chi connectivity index (χ1n) is 12.6. The predicted octanol–water partition coefficient (Wildman–Crippen LogP) is 3.61. The number of nitrogens with two attached hydrogens (primary N) is 1. The van der Waals surface area contributed by atoms with E-state index in [9.17, 15) is 23.1 Å². The Kier molecular flexibility index (Phi) is 8.75. The van der Waals surface area contributed by atoms with Crippen LogP contribution in [0.5, 0.6) is 0 Å². The number of hydrogen-bond donors (Lipinski definition) is 4. The van der Waals surface area contributed by atoms with Crippen LogP contribution in [0.1, 0.15) is 80.4 Å². The van der Waals surface area contributed by atoms with Crippen molar-refractivity contribution in [3.63, 3.8) is 0 Å². The number of anilines is 2. The molecule has 5 N–H and O–H groups in total. The fourth-order valence-electron chi connectivity index (χ4n) is 4.30. The normalized spacial score (nSPS) is 14.6. The molecule has 10 nitrogen and oxygen atoms in total. The lowest BCUT2D eigenvalue weighted by molar-refractivity contribution is 0.0783. The molecule has 0 bridgehead atoms. The molecular weight excluding hydrogens is 508 g/mol. The lowest BCUT2D eigenvalue weighted by Crippen LogP contribution is -2.37. The van der Waals surface area contributed by atoms with Crippen LogP contribution in [-0.2, 0) is 20.4 Å². The third-order valence-corrected chi connectivity index (χ3v) is 7.79. The number of sulfonamides is 1. The van der Waals surface area contributed by atoms with Crippen molar-refractivity contribution in [2.24, 2.45) is 5.73 Å². The first-order valence-corrected chi connectivity index (χ1v) is 14.1. The Bertz CT molecular complexity index is 1280. The Balaban J connectivity index is 1.98. The summed E-state index contributed by atoms with van der Waals surface area (Å²) in [7, 11) is -4.32. The zero-order valence-corrected chi connectivity index (χ0v) is 23.6. The van der Waals surface area contributed by atoms with E-state index >= 15 is 0 Å². The Labute approximate surface area is 224 Å². The standard InChI is InChI=1S/C27H38N4O6S/c1-16(2)22-11-18(25(28)32)12-23(17(3)4)24(22)29-26(33)30-38(35,36)21-14-19(27(5,6)34)13-20(15-21)31-7-9-37-10-8-31/h11-17,34H,7-10H2,1-6H3,(H2,28,32)(H2,29,30,33). The molecule has 2 aromatic carbocycles. The summed E-state index contributed by atoms with van der Waals surface area (Å²) >= 11 is 0. The maximum atomic E-state index is 13.4. The molecule has 11 heteroatoms. The van der Waals surface area contributed by atoms with Crippen molar-refractivity contribution in [1.82, 2.24) is 4.72 Å². The van der Waals surface area contributed by atoms with E-state index in [1.807, 2.05) is 32.6 Å². The van der Waals surface area contributed by atoms with Gasteiger partial charge >= 0.3 is 6.03 Å². The molecule has 0 saturated carbocycles. The van der Waals surface area contributed by atoms with Gasteiger partial charge in [0.1, 0.15) is 0 Å². The van der Waals surface area contributed by atoms with Crippen LogP contribution in [-0.4, -0.2) is 51.8 Å². The van der Waals surface area contributed by atoms with Crippen molar-refractivity contribution in [1.29, 1.82) is 0 Å². The predicted molar refractivity (Wildman–Crippen MR) is 147 cm³/mol. The summed E-state index contributed by atoms with van der Waals surface area (Å²) in [5, 5.41) is 13.3. The third-order valence-electron chi connectivity index (χ3n) is 6.48. The monoisotopic (exact) mass is 546 g/mol. The fourth-order valence-corrected chi connectivity index (χ4v) is 5.27. The highest BCUT2D eigenvalue weighted by Crippen LogP contribution is 2.34. The van der Waals surface area contributed by atoms with Gasteiger partial charge in [-0.05, 0) is 72.7 Å². The third kappa shape index (κ3) is 6.83. The average molecular weight is 547 g/mol. The number of benzene rings is 2. The summed E-state index contributed by atoms with van der Waals surface area (Å²) in [6, 6.07) is 6.88. The molecule has 3 rings (SSSR count). The van der Waals surface area contributed by atoms with Crippen molar-refractivity contribution in [3.05, 3.63) is 52.6 Å². The molecule has 0 aromatic heterocycles. The molecule has 2 aromatic rings. The molecule has 3 amide bonds. The topological polar surface area (TPSA) is 151 Å². The van der Waals surface area contributed by atoms with E-state index in [0.29, 0.717) is 59.9 Å². The highest BCUT2D eigenvalue weighted by atomic mass is 32.2. The van der Waals surface area contributed by atoms with Crippen molar-refractivity contribution in [2.45, 2.75) is 63.9 Å². The summed E-state index contributed by atoms with van der Waals surface area (Å²) in [5.74, 6) is -0.758. The largest absolute Gasteiger partial charge is 0.386 e. The number of urea groups is 1. The zero-order chi connectivity index (χ0) is 28.4. The molecule has 1 saturated heterocycles. The summed E-state index contributed by atoms with van der Waals surface area (Å²) in [5.41, 5.74) is 7.29. The van der Waals surface area contributed by atoms with E-state index in [0.717, 1.165) is 0 Å². The Morgan fingerprint density at radius 3 is 2.03 bits per heavy atom. The molecular formula is C27H38N4O6S. The number of nitrogens with one attached hydrogen (secondary N) is 2. The van der Waals surface area contributed by atoms with E-state index in [1.165, 1.54) is 12.1 Å². The van der Waals surface area contributed by atoms with Crippen LogP contribution in [0.15, 0.2) is 35.2 Å². The average Bonchev–Trinajstić information content (AvgIpc) is 2.83. The minimum atomic E-state index is -4.32. The van der Waals surface area contributed by atoms with Gasteiger partial charge in [-0.15, -0.1) is 0 Å². The number of aliphatic hydroxyl groups is 1. The number of morpholine rings is 1. The quantitative estimate of drug-likeness (QED) is 0.395. The Morgan fingerprint density at radius 1 is 1.00 bits per heavy atom. The number of nitrogens with zero attached hydrogens (tertiary/aromatic N) is 1. The van der Waals surface area contributed by atoms with Gasteiger partial charge in [0.05, 0.1) is 23.7 Å². The molecule has 1 aliphatic rings. The van der Waals surface area contributed by atoms with E-state index in [4.69, 9.17) is 10.5 Å².